The molecule has 0 spiro atoms. The Kier molecular flexibility index (Phi) is 5.33. The molecule has 1 amide bonds. The molecular formula is C18H22N4O5. The van der Waals surface area contributed by atoms with E-state index in [1.54, 1.807) is 4.68 Å². The van der Waals surface area contributed by atoms with E-state index in [2.05, 4.69) is 15.6 Å². The quantitative estimate of drug-likeness (QED) is 0.746. The number of benzene rings is 1. The second-order valence-corrected chi connectivity index (χ2v) is 6.56. The number of nitrogens with one attached hydrogen (secondary N) is 1. The SMILES string of the molecule is COCC(=O)N[C@H]1CO[C@H]2[C@@H]1OC[C@@H]2n1cc(COc2ccccc2)nn1. The predicted octanol–water partition coefficient (Wildman–Crippen LogP) is 0.327. The first kappa shape index (κ1) is 17.9. The zero-order valence-corrected chi connectivity index (χ0v) is 15.0. The van der Waals surface area contributed by atoms with Gasteiger partial charge >= 0.3 is 0 Å². The molecule has 0 unspecified atom stereocenters. The highest BCUT2D eigenvalue weighted by Crippen LogP contribution is 2.33. The molecule has 1 N–H and O–H groups in total. The maximum atomic E-state index is 11.7. The molecule has 4 rings (SSSR count). The van der Waals surface area contributed by atoms with Gasteiger partial charge in [0.25, 0.3) is 0 Å². The molecule has 2 aliphatic heterocycles. The maximum Gasteiger partial charge on any atom is 0.246 e. The van der Waals surface area contributed by atoms with Crippen LogP contribution in [0, 0.1) is 0 Å². The summed E-state index contributed by atoms with van der Waals surface area (Å²) < 4.78 is 24.1. The molecule has 2 saturated heterocycles. The van der Waals surface area contributed by atoms with Crippen molar-refractivity contribution in [3.63, 3.8) is 0 Å². The molecule has 27 heavy (non-hydrogen) atoms. The molecule has 4 atom stereocenters. The Bertz CT molecular complexity index is 768. The number of fused-ring (bicyclic) bond motifs is 1. The Balaban J connectivity index is 1.35. The van der Waals surface area contributed by atoms with Gasteiger partial charge in [-0.05, 0) is 12.1 Å². The summed E-state index contributed by atoms with van der Waals surface area (Å²) in [6, 6.07) is 9.29. The zero-order valence-electron chi connectivity index (χ0n) is 15.0. The molecule has 0 radical (unpaired) electrons. The van der Waals surface area contributed by atoms with E-state index in [-0.39, 0.29) is 36.8 Å². The van der Waals surface area contributed by atoms with Gasteiger partial charge in [0.15, 0.2) is 0 Å². The maximum absolute atomic E-state index is 11.7. The third kappa shape index (κ3) is 3.95. The molecule has 9 nitrogen and oxygen atoms in total. The summed E-state index contributed by atoms with van der Waals surface area (Å²) in [6.07, 6.45) is 1.46. The van der Waals surface area contributed by atoms with Crippen molar-refractivity contribution >= 4 is 5.91 Å². The zero-order chi connectivity index (χ0) is 18.6. The van der Waals surface area contributed by atoms with Gasteiger partial charge in [0.1, 0.15) is 42.9 Å². The first-order valence-corrected chi connectivity index (χ1v) is 8.84. The van der Waals surface area contributed by atoms with E-state index in [1.165, 1.54) is 7.11 Å². The van der Waals surface area contributed by atoms with Crippen LogP contribution in [0.15, 0.2) is 36.5 Å². The fraction of sp³-hybridized carbons (Fsp3) is 0.500. The van der Waals surface area contributed by atoms with Crippen LogP contribution in [-0.4, -0.2) is 66.1 Å². The molecule has 0 bridgehead atoms. The number of ether oxygens (including phenoxy) is 4. The molecule has 144 valence electrons. The van der Waals surface area contributed by atoms with Gasteiger partial charge in [-0.2, -0.15) is 0 Å². The summed E-state index contributed by atoms with van der Waals surface area (Å²) in [5, 5.41) is 11.3. The van der Waals surface area contributed by atoms with Crippen molar-refractivity contribution in [2.45, 2.75) is 30.9 Å². The molecule has 2 aliphatic rings. The number of rotatable bonds is 7. The Morgan fingerprint density at radius 3 is 2.89 bits per heavy atom. The van der Waals surface area contributed by atoms with Crippen LogP contribution in [0.5, 0.6) is 5.75 Å². The average Bonchev–Trinajstić information content (AvgIpc) is 3.38. The average molecular weight is 374 g/mol. The summed E-state index contributed by atoms with van der Waals surface area (Å²) in [5.41, 5.74) is 0.727. The number of para-hydroxylation sites is 1. The highest BCUT2D eigenvalue weighted by atomic mass is 16.6. The number of hydrogen-bond donors (Lipinski definition) is 1. The predicted molar refractivity (Wildman–Crippen MR) is 93.1 cm³/mol. The van der Waals surface area contributed by atoms with Crippen LogP contribution in [-0.2, 0) is 25.6 Å². The van der Waals surface area contributed by atoms with Gasteiger partial charge < -0.3 is 24.3 Å². The monoisotopic (exact) mass is 374 g/mol. The largest absolute Gasteiger partial charge is 0.487 e. The smallest absolute Gasteiger partial charge is 0.246 e. The third-order valence-corrected chi connectivity index (χ3v) is 4.68. The summed E-state index contributed by atoms with van der Waals surface area (Å²) >= 11 is 0. The van der Waals surface area contributed by atoms with Crippen molar-refractivity contribution in [2.24, 2.45) is 0 Å². The van der Waals surface area contributed by atoms with E-state index in [0.717, 1.165) is 11.4 Å². The van der Waals surface area contributed by atoms with Gasteiger partial charge in [-0.1, -0.05) is 23.4 Å². The molecule has 1 aromatic heterocycles. The third-order valence-electron chi connectivity index (χ3n) is 4.68. The number of carbonyl (C=O) groups is 1. The van der Waals surface area contributed by atoms with Crippen molar-refractivity contribution in [1.82, 2.24) is 20.3 Å². The van der Waals surface area contributed by atoms with Crippen LogP contribution in [0.2, 0.25) is 0 Å². The summed E-state index contributed by atoms with van der Waals surface area (Å²) in [5.74, 6) is 0.602. The second kappa shape index (κ2) is 8.03. The highest BCUT2D eigenvalue weighted by Gasteiger charge is 2.49. The standard InChI is InChI=1S/C18H22N4O5/c1-24-11-16(23)19-14-9-26-18-15(10-27-17(14)18)22-7-12(20-21-22)8-25-13-5-3-2-4-6-13/h2-7,14-15,17-18H,8-11H2,1H3,(H,19,23)/t14-,15-,17+,18+/m0/s1. The van der Waals surface area contributed by atoms with Gasteiger partial charge in [0, 0.05) is 7.11 Å². The number of methoxy groups -OCH3 is 1. The minimum atomic E-state index is -0.205. The molecule has 9 heteroatoms. The van der Waals surface area contributed by atoms with E-state index >= 15 is 0 Å². The van der Waals surface area contributed by atoms with Crippen molar-refractivity contribution in [2.75, 3.05) is 26.9 Å². The van der Waals surface area contributed by atoms with E-state index in [4.69, 9.17) is 18.9 Å². The number of carbonyl (C=O) groups excluding carboxylic acids is 1. The first-order chi connectivity index (χ1) is 13.2. The van der Waals surface area contributed by atoms with Crippen LogP contribution in [0.4, 0.5) is 0 Å². The van der Waals surface area contributed by atoms with E-state index in [0.29, 0.717) is 19.8 Å². The van der Waals surface area contributed by atoms with Crippen LogP contribution in [0.25, 0.3) is 0 Å². The fourth-order valence-corrected chi connectivity index (χ4v) is 3.42. The molecule has 1 aromatic carbocycles. The summed E-state index contributed by atoms with van der Waals surface area (Å²) in [4.78, 5) is 11.7. The molecule has 2 fully saturated rings. The Morgan fingerprint density at radius 1 is 1.26 bits per heavy atom. The fourth-order valence-electron chi connectivity index (χ4n) is 3.42. The van der Waals surface area contributed by atoms with Crippen LogP contribution >= 0.6 is 0 Å². The Morgan fingerprint density at radius 2 is 2.07 bits per heavy atom. The van der Waals surface area contributed by atoms with Crippen LogP contribution in [0.3, 0.4) is 0 Å². The van der Waals surface area contributed by atoms with Crippen molar-refractivity contribution < 1.29 is 23.7 Å². The topological polar surface area (TPSA) is 96.7 Å². The van der Waals surface area contributed by atoms with Crippen LogP contribution < -0.4 is 10.1 Å². The lowest BCUT2D eigenvalue weighted by molar-refractivity contribution is -0.126. The summed E-state index contributed by atoms with van der Waals surface area (Å²) in [7, 11) is 1.49. The van der Waals surface area contributed by atoms with Gasteiger partial charge in [-0.3, -0.25) is 4.79 Å². The van der Waals surface area contributed by atoms with Gasteiger partial charge in [-0.25, -0.2) is 4.68 Å². The number of nitrogens with zero attached hydrogens (tertiary/aromatic N) is 3. The lowest BCUT2D eigenvalue weighted by Gasteiger charge is -2.17. The van der Waals surface area contributed by atoms with E-state index < -0.39 is 0 Å². The van der Waals surface area contributed by atoms with Crippen molar-refractivity contribution in [3.05, 3.63) is 42.2 Å². The minimum Gasteiger partial charge on any atom is -0.487 e. The number of aromatic nitrogens is 3. The lowest BCUT2D eigenvalue weighted by Crippen LogP contribution is -2.45. The van der Waals surface area contributed by atoms with Gasteiger partial charge in [0.2, 0.25) is 5.91 Å². The van der Waals surface area contributed by atoms with Crippen molar-refractivity contribution in [3.8, 4) is 5.75 Å². The van der Waals surface area contributed by atoms with E-state index in [1.807, 2.05) is 36.5 Å². The van der Waals surface area contributed by atoms with E-state index in [9.17, 15) is 4.79 Å². The first-order valence-electron chi connectivity index (χ1n) is 8.84. The lowest BCUT2D eigenvalue weighted by atomic mass is 10.1. The number of amides is 1. The minimum absolute atomic E-state index is 0.0190. The molecule has 3 heterocycles. The Labute approximate surface area is 156 Å². The highest BCUT2D eigenvalue weighted by molar-refractivity contribution is 5.77. The molecular weight excluding hydrogens is 352 g/mol. The second-order valence-electron chi connectivity index (χ2n) is 6.56. The summed E-state index contributed by atoms with van der Waals surface area (Å²) in [6.45, 7) is 1.21. The van der Waals surface area contributed by atoms with Crippen LogP contribution in [0.1, 0.15) is 11.7 Å². The molecule has 2 aromatic rings. The van der Waals surface area contributed by atoms with Gasteiger partial charge in [0.05, 0.1) is 25.5 Å². The van der Waals surface area contributed by atoms with Crippen molar-refractivity contribution in [1.29, 1.82) is 0 Å². The molecule has 0 saturated carbocycles. The normalized spacial score (nSPS) is 26.7. The Hall–Kier alpha value is -2.49. The van der Waals surface area contributed by atoms with Gasteiger partial charge in [-0.15, -0.1) is 5.10 Å². The molecule has 0 aliphatic carbocycles. The number of hydrogen-bond acceptors (Lipinski definition) is 7.